The van der Waals surface area contributed by atoms with Crippen LogP contribution in [0.4, 0.5) is 5.82 Å². The van der Waals surface area contributed by atoms with Crippen LogP contribution < -0.4 is 5.73 Å². The summed E-state index contributed by atoms with van der Waals surface area (Å²) < 4.78 is 0.718. The lowest BCUT2D eigenvalue weighted by molar-refractivity contribution is -0.131. The van der Waals surface area contributed by atoms with Gasteiger partial charge in [-0.1, -0.05) is 11.6 Å². The number of carbonyl (C=O) groups excluding carboxylic acids is 1. The summed E-state index contributed by atoms with van der Waals surface area (Å²) in [6.07, 6.45) is 2.62. The Bertz CT molecular complexity index is 752. The molecule has 1 aliphatic heterocycles. The fraction of sp³-hybridized carbons (Fsp3) is 0.471. The number of likely N-dealkylation sites (N-methyl/N-ethyl adjacent to an activating group) is 1. The molecule has 2 aromatic rings. The zero-order chi connectivity index (χ0) is 18.0. The second-order valence-electron chi connectivity index (χ2n) is 6.40. The monoisotopic (exact) mass is 379 g/mol. The second kappa shape index (κ2) is 7.68. The molecule has 3 rings (SSSR count). The van der Waals surface area contributed by atoms with E-state index in [0.29, 0.717) is 24.2 Å². The molecule has 1 fully saturated rings. The maximum absolute atomic E-state index is 12.8. The molecule has 0 aliphatic carbocycles. The van der Waals surface area contributed by atoms with Crippen molar-refractivity contribution in [2.75, 3.05) is 25.9 Å². The summed E-state index contributed by atoms with van der Waals surface area (Å²) in [5.41, 5.74) is 5.71. The second-order valence-corrected chi connectivity index (χ2v) is 8.15. The molecule has 1 saturated heterocycles. The average Bonchev–Trinajstić information content (AvgIpc) is 3.22. The predicted octanol–water partition coefficient (Wildman–Crippen LogP) is 2.61. The number of likely N-dealkylation sites (tertiary alicyclic amines) is 1. The maximum atomic E-state index is 12.8. The van der Waals surface area contributed by atoms with Crippen LogP contribution in [0.2, 0.25) is 4.34 Å². The van der Waals surface area contributed by atoms with Crippen LogP contribution in [-0.2, 0) is 11.3 Å². The van der Waals surface area contributed by atoms with Crippen LogP contribution in [0.15, 0.2) is 24.4 Å². The van der Waals surface area contributed by atoms with E-state index in [1.54, 1.807) is 12.3 Å². The lowest BCUT2D eigenvalue weighted by Gasteiger charge is -2.25. The van der Waals surface area contributed by atoms with Gasteiger partial charge in [-0.3, -0.25) is 9.69 Å². The number of carbonyl (C=O) groups is 1. The number of hydrogen-bond acceptors (Lipinski definition) is 6. The minimum Gasteiger partial charge on any atom is -0.384 e. The van der Waals surface area contributed by atoms with Gasteiger partial charge in [0.25, 0.3) is 0 Å². The number of aromatic nitrogens is 2. The molecule has 0 bridgehead atoms. The zero-order valence-corrected chi connectivity index (χ0v) is 15.9. The van der Waals surface area contributed by atoms with Crippen molar-refractivity contribution >= 4 is 34.7 Å². The first-order valence-electron chi connectivity index (χ1n) is 8.25. The molecule has 1 aliphatic rings. The third-order valence-corrected chi connectivity index (χ3v) is 6.02. The van der Waals surface area contributed by atoms with Crippen LogP contribution in [0.1, 0.15) is 30.0 Å². The van der Waals surface area contributed by atoms with E-state index in [4.69, 9.17) is 17.3 Å². The topological polar surface area (TPSA) is 75.4 Å². The van der Waals surface area contributed by atoms with Gasteiger partial charge in [0, 0.05) is 30.2 Å². The van der Waals surface area contributed by atoms with E-state index >= 15 is 0 Å². The molecule has 8 heteroatoms. The number of nitrogens with zero attached hydrogens (tertiary/aromatic N) is 4. The Morgan fingerprint density at radius 1 is 1.52 bits per heavy atom. The molecule has 2 N–H and O–H groups in total. The molecule has 3 heterocycles. The highest BCUT2D eigenvalue weighted by molar-refractivity contribution is 7.16. The lowest BCUT2D eigenvalue weighted by Crippen LogP contribution is -2.37. The number of amides is 1. The van der Waals surface area contributed by atoms with E-state index in [2.05, 4.69) is 14.9 Å². The molecule has 0 spiro atoms. The Balaban J connectivity index is 1.58. The van der Waals surface area contributed by atoms with Crippen molar-refractivity contribution in [1.29, 1.82) is 0 Å². The summed E-state index contributed by atoms with van der Waals surface area (Å²) in [6.45, 7) is 4.06. The van der Waals surface area contributed by atoms with Gasteiger partial charge >= 0.3 is 0 Å². The number of nitrogens with two attached hydrogens (primary N) is 1. The Hall–Kier alpha value is -1.70. The first-order chi connectivity index (χ1) is 11.9. The van der Waals surface area contributed by atoms with E-state index in [-0.39, 0.29) is 11.8 Å². The van der Waals surface area contributed by atoms with Crippen molar-refractivity contribution in [2.45, 2.75) is 31.8 Å². The van der Waals surface area contributed by atoms with Gasteiger partial charge in [0.15, 0.2) is 0 Å². The van der Waals surface area contributed by atoms with Gasteiger partial charge in [-0.2, -0.15) is 0 Å². The minimum absolute atomic E-state index is 0.154. The molecule has 0 radical (unpaired) electrons. The largest absolute Gasteiger partial charge is 0.384 e. The minimum atomic E-state index is -0.154. The van der Waals surface area contributed by atoms with E-state index in [9.17, 15) is 4.79 Å². The zero-order valence-electron chi connectivity index (χ0n) is 14.4. The molecule has 0 aromatic carbocycles. The van der Waals surface area contributed by atoms with E-state index in [0.717, 1.165) is 28.7 Å². The smallest absolute Gasteiger partial charge is 0.230 e. The Kier molecular flexibility index (Phi) is 5.56. The molecule has 0 unspecified atom stereocenters. The van der Waals surface area contributed by atoms with Crippen molar-refractivity contribution in [3.63, 3.8) is 0 Å². The Morgan fingerprint density at radius 3 is 3.00 bits per heavy atom. The molecular weight excluding hydrogens is 358 g/mol. The van der Waals surface area contributed by atoms with Gasteiger partial charge in [0.1, 0.15) is 11.6 Å². The van der Waals surface area contributed by atoms with Gasteiger partial charge in [-0.05, 0) is 38.6 Å². The third-order valence-electron chi connectivity index (χ3n) is 4.61. The number of hydrogen-bond donors (Lipinski definition) is 1. The number of nitrogen functional groups attached to an aromatic ring is 1. The molecule has 25 heavy (non-hydrogen) atoms. The summed E-state index contributed by atoms with van der Waals surface area (Å²) in [5, 5.41) is 0. The summed E-state index contributed by atoms with van der Waals surface area (Å²) in [6, 6.07) is 5.76. The maximum Gasteiger partial charge on any atom is 0.230 e. The highest BCUT2D eigenvalue weighted by atomic mass is 35.5. The number of anilines is 1. The quantitative estimate of drug-likeness (QED) is 0.864. The van der Waals surface area contributed by atoms with Crippen molar-refractivity contribution in [3.05, 3.63) is 39.4 Å². The van der Waals surface area contributed by atoms with Gasteiger partial charge in [-0.15, -0.1) is 11.3 Å². The summed E-state index contributed by atoms with van der Waals surface area (Å²) in [7, 11) is 2.04. The van der Waals surface area contributed by atoms with Crippen LogP contribution in [0, 0.1) is 0 Å². The predicted molar refractivity (Wildman–Crippen MR) is 101 cm³/mol. The Morgan fingerprint density at radius 2 is 2.32 bits per heavy atom. The summed E-state index contributed by atoms with van der Waals surface area (Å²) in [4.78, 5) is 26.4. The average molecular weight is 380 g/mol. The number of rotatable bonds is 5. The molecule has 2 aromatic heterocycles. The SMILES string of the molecule is C[C@@H](C(=O)N1CC[C@H](N(C)Cc2nccc(N)n2)C1)c1ccc(Cl)s1. The molecule has 6 nitrogen and oxygen atoms in total. The molecule has 0 saturated carbocycles. The van der Waals surface area contributed by atoms with Crippen LogP contribution in [0.25, 0.3) is 0 Å². The first-order valence-corrected chi connectivity index (χ1v) is 9.45. The van der Waals surface area contributed by atoms with Crippen LogP contribution in [0.3, 0.4) is 0 Å². The fourth-order valence-corrected chi connectivity index (χ4v) is 4.21. The molecular formula is C17H22ClN5OS. The standard InChI is InChI=1S/C17H22ClN5OS/c1-11(13-3-4-14(18)25-13)17(24)23-8-6-12(9-23)22(2)10-16-20-7-5-15(19)21-16/h3-5,7,11-12H,6,8-10H2,1-2H3,(H2,19,20,21)/t11-,12+/m1/s1. The van der Waals surface area contributed by atoms with Gasteiger partial charge in [0.2, 0.25) is 5.91 Å². The summed E-state index contributed by atoms with van der Waals surface area (Å²) >= 11 is 7.46. The van der Waals surface area contributed by atoms with Crippen LogP contribution in [0.5, 0.6) is 0 Å². The highest BCUT2D eigenvalue weighted by Gasteiger charge is 2.32. The molecule has 134 valence electrons. The lowest BCUT2D eigenvalue weighted by atomic mass is 10.1. The number of halogens is 1. The van der Waals surface area contributed by atoms with Crippen molar-refractivity contribution < 1.29 is 4.79 Å². The molecule has 2 atom stereocenters. The number of thiophene rings is 1. The van der Waals surface area contributed by atoms with E-state index < -0.39 is 0 Å². The van der Waals surface area contributed by atoms with Crippen molar-refractivity contribution in [3.8, 4) is 0 Å². The Labute approximate surface area is 156 Å². The van der Waals surface area contributed by atoms with Crippen LogP contribution >= 0.6 is 22.9 Å². The van der Waals surface area contributed by atoms with Crippen molar-refractivity contribution in [2.24, 2.45) is 0 Å². The summed E-state index contributed by atoms with van der Waals surface area (Å²) in [5.74, 6) is 1.19. The third kappa shape index (κ3) is 4.29. The highest BCUT2D eigenvalue weighted by Crippen LogP contribution is 2.30. The van der Waals surface area contributed by atoms with Crippen LogP contribution in [-0.4, -0.2) is 51.9 Å². The van der Waals surface area contributed by atoms with Crippen molar-refractivity contribution in [1.82, 2.24) is 19.8 Å². The van der Waals surface area contributed by atoms with Gasteiger partial charge < -0.3 is 10.6 Å². The normalized spacial score (nSPS) is 18.7. The fourth-order valence-electron chi connectivity index (χ4n) is 3.10. The molecule has 1 amide bonds. The van der Waals surface area contributed by atoms with E-state index in [1.165, 1.54) is 11.3 Å². The first kappa shape index (κ1) is 18.1. The van der Waals surface area contributed by atoms with Gasteiger partial charge in [-0.25, -0.2) is 9.97 Å². The van der Waals surface area contributed by atoms with Gasteiger partial charge in [0.05, 0.1) is 16.8 Å². The van der Waals surface area contributed by atoms with E-state index in [1.807, 2.05) is 31.0 Å².